The molecule has 8 nitrogen and oxygen atoms in total. The predicted octanol–water partition coefficient (Wildman–Crippen LogP) is 3.04. The number of rotatable bonds is 5. The Labute approximate surface area is 163 Å². The average molecular weight is 401 g/mol. The molecule has 0 radical (unpaired) electrons. The minimum Gasteiger partial charge on any atom is -0.369 e. The Morgan fingerprint density at radius 2 is 2.21 bits per heavy atom. The highest BCUT2D eigenvalue weighted by atomic mass is 32.2. The van der Waals surface area contributed by atoms with E-state index in [0.717, 1.165) is 54.2 Å². The summed E-state index contributed by atoms with van der Waals surface area (Å²) in [6.07, 6.45) is 9.47. The van der Waals surface area contributed by atoms with E-state index in [1.165, 1.54) is 0 Å². The number of aromatic nitrogens is 4. The number of nitrogen functional groups attached to an aromatic ring is 1. The number of nitrogens with one attached hydrogen (secondary N) is 1. The largest absolute Gasteiger partial charge is 0.369 e. The predicted molar refractivity (Wildman–Crippen MR) is 110 cm³/mol. The summed E-state index contributed by atoms with van der Waals surface area (Å²) in [5.41, 5.74) is 8.92. The summed E-state index contributed by atoms with van der Waals surface area (Å²) >= 11 is 0. The lowest BCUT2D eigenvalue weighted by Crippen LogP contribution is -2.16. The zero-order valence-corrected chi connectivity index (χ0v) is 16.6. The molecule has 1 unspecified atom stereocenters. The number of H-pyrrole nitrogens is 1. The highest BCUT2D eigenvalue weighted by Crippen LogP contribution is 2.44. The van der Waals surface area contributed by atoms with Crippen LogP contribution in [0, 0.1) is 11.8 Å². The Hall–Kier alpha value is -2.42. The van der Waals surface area contributed by atoms with Gasteiger partial charge in [-0.2, -0.15) is 4.40 Å². The number of hydrogen-bond donors (Lipinski definition) is 2. The number of hydrogen-bond acceptors (Lipinski definition) is 5. The second kappa shape index (κ2) is 6.30. The van der Waals surface area contributed by atoms with Crippen molar-refractivity contribution in [3.63, 3.8) is 0 Å². The molecule has 0 bridgehead atoms. The van der Waals surface area contributed by atoms with Crippen LogP contribution in [0.15, 0.2) is 22.9 Å². The van der Waals surface area contributed by atoms with Gasteiger partial charge in [0.05, 0.1) is 17.0 Å². The van der Waals surface area contributed by atoms with Crippen LogP contribution >= 0.6 is 0 Å². The quantitative estimate of drug-likeness (QED) is 0.638. The van der Waals surface area contributed by atoms with E-state index in [4.69, 9.17) is 5.73 Å². The Balaban J connectivity index is 1.52. The first-order valence-electron chi connectivity index (χ1n) is 9.86. The zero-order chi connectivity index (χ0) is 19.5. The third-order valence-electron chi connectivity index (χ3n) is 6.18. The number of imidazole rings is 1. The number of pyridine rings is 1. The van der Waals surface area contributed by atoms with Crippen LogP contribution in [0.3, 0.4) is 0 Å². The molecule has 148 valence electrons. The molecule has 3 heterocycles. The lowest BCUT2D eigenvalue weighted by molar-refractivity contribution is 0.381. The summed E-state index contributed by atoms with van der Waals surface area (Å²) in [5, 5.41) is 0.746. The van der Waals surface area contributed by atoms with Crippen LogP contribution in [0.1, 0.15) is 45.1 Å². The molecule has 3 N–H and O–H groups in total. The van der Waals surface area contributed by atoms with E-state index < -0.39 is 10.0 Å². The first-order valence-corrected chi connectivity index (χ1v) is 11.4. The van der Waals surface area contributed by atoms with Gasteiger partial charge >= 0.3 is 0 Å². The van der Waals surface area contributed by atoms with Crippen LogP contribution in [-0.2, 0) is 10.0 Å². The third kappa shape index (κ3) is 2.80. The Morgan fingerprint density at radius 3 is 2.96 bits per heavy atom. The van der Waals surface area contributed by atoms with Gasteiger partial charge in [-0.05, 0) is 43.6 Å². The van der Waals surface area contributed by atoms with Gasteiger partial charge in [0.15, 0.2) is 0 Å². The topological polar surface area (TPSA) is 119 Å². The molecular weight excluding hydrogens is 376 g/mol. The summed E-state index contributed by atoms with van der Waals surface area (Å²) in [6.45, 7) is 2.17. The first kappa shape index (κ1) is 17.7. The van der Waals surface area contributed by atoms with Crippen LogP contribution in [0.25, 0.3) is 22.1 Å². The minimum atomic E-state index is -3.32. The van der Waals surface area contributed by atoms with E-state index in [2.05, 4.69) is 30.8 Å². The first-order chi connectivity index (χ1) is 13.5. The molecule has 0 aromatic carbocycles. The number of fused-ring (bicyclic) bond motifs is 3. The molecule has 0 aliphatic heterocycles. The fraction of sp³-hybridized carbons (Fsp3) is 0.526. The average Bonchev–Trinajstić information content (AvgIpc) is 3.16. The summed E-state index contributed by atoms with van der Waals surface area (Å²) < 4.78 is 30.3. The molecule has 2 aliphatic carbocycles. The van der Waals surface area contributed by atoms with Crippen molar-refractivity contribution in [1.29, 1.82) is 0 Å². The minimum absolute atomic E-state index is 0.129. The van der Waals surface area contributed by atoms with Crippen molar-refractivity contribution in [3.8, 4) is 0 Å². The van der Waals surface area contributed by atoms with Crippen LogP contribution in [-0.4, -0.2) is 39.4 Å². The van der Waals surface area contributed by atoms with Crippen LogP contribution in [0.4, 0.5) is 5.95 Å². The van der Waals surface area contributed by atoms with E-state index >= 15 is 0 Å². The number of anilines is 1. The molecule has 28 heavy (non-hydrogen) atoms. The van der Waals surface area contributed by atoms with Gasteiger partial charge in [-0.15, -0.1) is 0 Å². The van der Waals surface area contributed by atoms with Crippen LogP contribution < -0.4 is 5.73 Å². The number of nitrogens with two attached hydrogens (primary N) is 1. The van der Waals surface area contributed by atoms with Crippen molar-refractivity contribution in [1.82, 2.24) is 19.5 Å². The van der Waals surface area contributed by atoms with Gasteiger partial charge < -0.3 is 15.3 Å². The lowest BCUT2D eigenvalue weighted by Gasteiger charge is -2.21. The molecule has 3 aromatic heterocycles. The fourth-order valence-corrected chi connectivity index (χ4v) is 5.84. The van der Waals surface area contributed by atoms with Crippen molar-refractivity contribution >= 4 is 44.3 Å². The van der Waals surface area contributed by atoms with Crippen LogP contribution in [0.2, 0.25) is 0 Å². The second-order valence-corrected chi connectivity index (χ2v) is 9.92. The Bertz CT molecular complexity index is 1170. The van der Waals surface area contributed by atoms with Crippen molar-refractivity contribution in [3.05, 3.63) is 18.5 Å². The summed E-state index contributed by atoms with van der Waals surface area (Å²) in [5.74, 6) is 1.00. The maximum Gasteiger partial charge on any atom is 0.255 e. The molecule has 2 aliphatic rings. The smallest absolute Gasteiger partial charge is 0.255 e. The van der Waals surface area contributed by atoms with Crippen molar-refractivity contribution < 1.29 is 8.42 Å². The van der Waals surface area contributed by atoms with Crippen molar-refractivity contribution in [2.45, 2.75) is 50.3 Å². The Morgan fingerprint density at radius 1 is 1.39 bits per heavy atom. The number of sulfonamides is 1. The highest BCUT2D eigenvalue weighted by molar-refractivity contribution is 7.91. The van der Waals surface area contributed by atoms with Gasteiger partial charge in [-0.1, -0.05) is 13.3 Å². The van der Waals surface area contributed by atoms with Gasteiger partial charge in [0.2, 0.25) is 5.95 Å². The molecule has 5 rings (SSSR count). The fourth-order valence-electron chi connectivity index (χ4n) is 4.59. The standard InChI is InChI=1S/C19H24N6O2S/c1-2-12-7-11(9-23-28(26,27)13-3-4-13)8-16(12)25-17-14-5-6-21-18(14)22-10-15(17)24-19(25)20/h5-6,9-13,16H,2-4,7-8H2,1H3,(H2,20,24)(H,21,22)/b23-9+/t11?,12-,16+/m1/s1. The maximum atomic E-state index is 12.1. The van der Waals surface area contributed by atoms with Gasteiger partial charge in [-0.3, -0.25) is 0 Å². The van der Waals surface area contributed by atoms with Crippen LogP contribution in [0.5, 0.6) is 0 Å². The second-order valence-electron chi connectivity index (χ2n) is 8.01. The van der Waals surface area contributed by atoms with Gasteiger partial charge in [0.25, 0.3) is 10.0 Å². The molecule has 0 saturated heterocycles. The molecule has 2 fully saturated rings. The number of nitrogens with zero attached hydrogens (tertiary/aromatic N) is 4. The molecule has 2 saturated carbocycles. The van der Waals surface area contributed by atoms with E-state index in [1.807, 2.05) is 12.3 Å². The van der Waals surface area contributed by atoms with E-state index in [-0.39, 0.29) is 17.2 Å². The van der Waals surface area contributed by atoms with Gasteiger partial charge in [-0.25, -0.2) is 18.4 Å². The summed E-state index contributed by atoms with van der Waals surface area (Å²) in [4.78, 5) is 12.1. The molecular formula is C19H24N6O2S. The Kier molecular flexibility index (Phi) is 3.97. The lowest BCUT2D eigenvalue weighted by atomic mass is 10.00. The SMILES string of the molecule is CC[C@@H]1CC(/C=N/S(=O)(=O)C2CC2)C[C@@H]1n1c(N)nc2cnc3[nH]ccc3c21. The van der Waals surface area contributed by atoms with Crippen molar-refractivity contribution in [2.75, 3.05) is 5.73 Å². The molecule has 3 atom stereocenters. The maximum absolute atomic E-state index is 12.1. The van der Waals surface area contributed by atoms with E-state index in [0.29, 0.717) is 11.9 Å². The van der Waals surface area contributed by atoms with Crippen molar-refractivity contribution in [2.24, 2.45) is 16.2 Å². The third-order valence-corrected chi connectivity index (χ3v) is 7.91. The highest BCUT2D eigenvalue weighted by Gasteiger charge is 2.38. The summed E-state index contributed by atoms with van der Waals surface area (Å²) in [7, 11) is -3.32. The van der Waals surface area contributed by atoms with Gasteiger partial charge in [0, 0.05) is 23.8 Å². The molecule has 3 aromatic rings. The molecule has 0 amide bonds. The number of aromatic amines is 1. The normalized spacial score (nSPS) is 26.1. The molecule has 9 heteroatoms. The molecule has 0 spiro atoms. The van der Waals surface area contributed by atoms with E-state index in [1.54, 1.807) is 12.4 Å². The summed E-state index contributed by atoms with van der Waals surface area (Å²) in [6, 6.07) is 2.16. The van der Waals surface area contributed by atoms with Gasteiger partial charge in [0.1, 0.15) is 11.2 Å². The van der Waals surface area contributed by atoms with E-state index in [9.17, 15) is 8.42 Å². The zero-order valence-electron chi connectivity index (χ0n) is 15.7. The monoisotopic (exact) mass is 400 g/mol.